The molecule has 20 heavy (non-hydrogen) atoms. The van der Waals surface area contributed by atoms with E-state index in [4.69, 9.17) is 0 Å². The van der Waals surface area contributed by atoms with E-state index in [9.17, 15) is 4.79 Å². The molecule has 0 aliphatic rings. The Morgan fingerprint density at radius 1 is 0.700 bits per heavy atom. The highest BCUT2D eigenvalue weighted by molar-refractivity contribution is 5.72. The molecule has 0 aliphatic heterocycles. The molecule has 0 amide bonds. The zero-order chi connectivity index (χ0) is 16.7. The van der Waals surface area contributed by atoms with Gasteiger partial charge in [0.25, 0.3) is 0 Å². The van der Waals surface area contributed by atoms with Crippen LogP contribution in [0.15, 0.2) is 59.8 Å². The zero-order valence-corrected chi connectivity index (χ0v) is 14.6. The molecule has 0 saturated carbocycles. The van der Waals surface area contributed by atoms with Crippen LogP contribution in [0.1, 0.15) is 55.4 Å². The second-order valence-corrected chi connectivity index (χ2v) is 4.63. The van der Waals surface area contributed by atoms with Crippen LogP contribution >= 0.6 is 0 Å². The van der Waals surface area contributed by atoms with Gasteiger partial charge in [0.2, 0.25) is 0 Å². The van der Waals surface area contributed by atoms with Crippen molar-refractivity contribution in [2.75, 3.05) is 0 Å². The van der Waals surface area contributed by atoms with Crippen molar-refractivity contribution in [2.45, 2.75) is 55.4 Å². The lowest BCUT2D eigenvalue weighted by atomic mass is 10.1. The fourth-order valence-corrected chi connectivity index (χ4v) is 0.777. The van der Waals surface area contributed by atoms with Gasteiger partial charge in [-0.3, -0.25) is 0 Å². The Kier molecular flexibility index (Phi) is 18.1. The fourth-order valence-electron chi connectivity index (χ4n) is 0.777. The van der Waals surface area contributed by atoms with Gasteiger partial charge in [0.15, 0.2) is 0 Å². The molecule has 0 bridgehead atoms. The van der Waals surface area contributed by atoms with Crippen molar-refractivity contribution in [1.82, 2.24) is 0 Å². The Morgan fingerprint density at radius 2 is 0.900 bits per heavy atom. The normalized spacial score (nSPS) is 12.0. The highest BCUT2D eigenvalue weighted by atomic mass is 16.1. The fraction of sp³-hybridized carbons (Fsp3) is 0.421. The number of allylic oxidation sites excluding steroid dienone is 8. The third-order valence-corrected chi connectivity index (χ3v) is 2.72. The van der Waals surface area contributed by atoms with E-state index in [1.165, 1.54) is 36.1 Å². The van der Waals surface area contributed by atoms with E-state index < -0.39 is 0 Å². The maximum absolute atomic E-state index is 9.44. The summed E-state index contributed by atoms with van der Waals surface area (Å²) < 4.78 is 0. The molecule has 0 aliphatic carbocycles. The Balaban J connectivity index is -0.000000230. The second-order valence-electron chi connectivity index (χ2n) is 4.63. The van der Waals surface area contributed by atoms with Gasteiger partial charge >= 0.3 is 0 Å². The molecule has 0 rings (SSSR count). The first-order valence-electron chi connectivity index (χ1n) is 6.83. The van der Waals surface area contributed by atoms with Crippen molar-refractivity contribution in [1.29, 1.82) is 0 Å². The van der Waals surface area contributed by atoms with Crippen LogP contribution in [0.3, 0.4) is 0 Å². The predicted octanol–water partition coefficient (Wildman–Crippen LogP) is 6.21. The molecular formula is C19H32O. The molecule has 1 heteroatoms. The van der Waals surface area contributed by atoms with E-state index in [1.807, 2.05) is 26.0 Å². The molecular weight excluding hydrogens is 244 g/mol. The molecule has 0 fully saturated rings. The number of carbonyl (C=O) groups is 1. The monoisotopic (exact) mass is 276 g/mol. The highest BCUT2D eigenvalue weighted by Gasteiger charge is 1.84. The average Bonchev–Trinajstić information content (AvgIpc) is 2.43. The number of rotatable bonds is 3. The van der Waals surface area contributed by atoms with Crippen molar-refractivity contribution in [3.8, 4) is 0 Å². The molecule has 0 N–H and O–H groups in total. The van der Waals surface area contributed by atoms with Crippen molar-refractivity contribution < 1.29 is 4.79 Å². The van der Waals surface area contributed by atoms with Gasteiger partial charge in [-0.15, -0.1) is 0 Å². The lowest BCUT2D eigenvalue weighted by Gasteiger charge is -1.95. The first-order chi connectivity index (χ1) is 9.17. The first kappa shape index (κ1) is 23.5. The van der Waals surface area contributed by atoms with Gasteiger partial charge in [-0.05, 0) is 66.5 Å². The van der Waals surface area contributed by atoms with Crippen molar-refractivity contribution in [3.63, 3.8) is 0 Å². The van der Waals surface area contributed by atoms with Gasteiger partial charge in [0.05, 0.1) is 0 Å². The number of hydrogen-bond donors (Lipinski definition) is 0. The molecule has 0 saturated heterocycles. The zero-order valence-electron chi connectivity index (χ0n) is 14.6. The van der Waals surface area contributed by atoms with Crippen molar-refractivity contribution >= 4 is 5.78 Å². The number of hydrogen-bond acceptors (Lipinski definition) is 1. The summed E-state index contributed by atoms with van der Waals surface area (Å²) >= 11 is 0. The van der Waals surface area contributed by atoms with Crippen LogP contribution in [0.25, 0.3) is 0 Å². The smallest absolute Gasteiger partial charge is 0.126 e. The van der Waals surface area contributed by atoms with Crippen LogP contribution in [0, 0.1) is 0 Å². The Hall–Kier alpha value is -1.63. The summed E-state index contributed by atoms with van der Waals surface area (Å²) in [5, 5.41) is 0. The highest BCUT2D eigenvalue weighted by Crippen LogP contribution is 2.05. The molecule has 1 nitrogen and oxygen atoms in total. The van der Waals surface area contributed by atoms with Crippen LogP contribution in [-0.2, 0) is 4.79 Å². The van der Waals surface area contributed by atoms with Gasteiger partial charge in [0.1, 0.15) is 5.78 Å². The molecule has 114 valence electrons. The van der Waals surface area contributed by atoms with Crippen LogP contribution < -0.4 is 0 Å². The largest absolute Gasteiger partial charge is 0.300 e. The summed E-state index contributed by atoms with van der Waals surface area (Å²) in [6, 6.07) is 0. The minimum atomic E-state index is 0.167. The van der Waals surface area contributed by atoms with Crippen molar-refractivity contribution in [3.05, 3.63) is 59.8 Å². The van der Waals surface area contributed by atoms with Crippen LogP contribution in [0.4, 0.5) is 0 Å². The van der Waals surface area contributed by atoms with E-state index in [2.05, 4.69) is 53.0 Å². The third kappa shape index (κ3) is 18.7. The quantitative estimate of drug-likeness (QED) is 0.560. The van der Waals surface area contributed by atoms with Gasteiger partial charge < -0.3 is 4.79 Å². The maximum atomic E-state index is 9.44. The molecule has 0 aromatic rings. The molecule has 0 atom stereocenters. The first-order valence-corrected chi connectivity index (χ1v) is 6.83. The summed E-state index contributed by atoms with van der Waals surface area (Å²) in [5.74, 6) is 0.167. The van der Waals surface area contributed by atoms with Crippen molar-refractivity contribution in [2.24, 2.45) is 0 Å². The summed E-state index contributed by atoms with van der Waals surface area (Å²) in [6.45, 7) is 22.7. The molecule has 0 radical (unpaired) electrons. The SMILES string of the molecule is C/C=C(C)\C(C)=C/C.C=C/C(C)=C(/C)C=C.CC(C)=O. The maximum Gasteiger partial charge on any atom is 0.126 e. The predicted molar refractivity (Wildman–Crippen MR) is 94.0 cm³/mol. The topological polar surface area (TPSA) is 17.1 Å². The lowest BCUT2D eigenvalue weighted by molar-refractivity contribution is -0.114. The van der Waals surface area contributed by atoms with Crippen LogP contribution in [-0.4, -0.2) is 5.78 Å². The molecule has 0 heterocycles. The summed E-state index contributed by atoms with van der Waals surface area (Å²) in [7, 11) is 0. The molecule has 0 spiro atoms. The number of Topliss-reactive ketones (excluding diaryl/α,β-unsaturated/α-hetero) is 1. The van der Waals surface area contributed by atoms with Gasteiger partial charge in [-0.1, -0.05) is 48.6 Å². The van der Waals surface area contributed by atoms with Gasteiger partial charge in [0, 0.05) is 0 Å². The van der Waals surface area contributed by atoms with E-state index in [-0.39, 0.29) is 5.78 Å². The summed E-state index contributed by atoms with van der Waals surface area (Å²) in [6.07, 6.45) is 7.90. The van der Waals surface area contributed by atoms with E-state index in [0.29, 0.717) is 0 Å². The van der Waals surface area contributed by atoms with Crippen LogP contribution in [0.5, 0.6) is 0 Å². The van der Waals surface area contributed by atoms with Gasteiger partial charge in [-0.2, -0.15) is 0 Å². The summed E-state index contributed by atoms with van der Waals surface area (Å²) in [4.78, 5) is 9.44. The summed E-state index contributed by atoms with van der Waals surface area (Å²) in [5.41, 5.74) is 5.13. The minimum absolute atomic E-state index is 0.167. The molecule has 0 unspecified atom stereocenters. The third-order valence-electron chi connectivity index (χ3n) is 2.72. The van der Waals surface area contributed by atoms with E-state index in [0.717, 1.165) is 0 Å². The average molecular weight is 276 g/mol. The van der Waals surface area contributed by atoms with E-state index >= 15 is 0 Å². The number of ketones is 1. The Bertz CT molecular complexity index is 354. The minimum Gasteiger partial charge on any atom is -0.300 e. The Morgan fingerprint density at radius 3 is 1.00 bits per heavy atom. The standard InChI is InChI=1S/C8H14.C8H12.C3H6O/c2*1-5-7(3)8(4)6-2;1-3(2)4/h5-6H,1-4H3;5-6H,1-2H2,3-4H3;1-2H3/b7-5-,8-6-;8-7-;. The number of carbonyl (C=O) groups excluding carboxylic acids is 1. The second kappa shape index (κ2) is 15.4. The van der Waals surface area contributed by atoms with Gasteiger partial charge in [-0.25, -0.2) is 0 Å². The lowest BCUT2D eigenvalue weighted by Crippen LogP contribution is -1.74. The Labute approximate surface area is 126 Å². The molecule has 0 aromatic heterocycles. The molecule has 0 aromatic carbocycles. The van der Waals surface area contributed by atoms with Crippen LogP contribution in [0.2, 0.25) is 0 Å². The van der Waals surface area contributed by atoms with E-state index in [1.54, 1.807) is 0 Å².